The van der Waals surface area contributed by atoms with Crippen LogP contribution >= 0.6 is 67.8 Å². The van der Waals surface area contributed by atoms with Crippen molar-refractivity contribution in [3.63, 3.8) is 0 Å². The topological polar surface area (TPSA) is 92.8 Å². The standard InChI is InChI=1S/C15H12I3NO4.Na/c16-9-6-8(1-2-13(9)20)23-14-10(17)3-7(4-11(14)18)5-12(19)15(21)22;/h1-4,6,12,20H,5,19H2,(H,21,22);/t12-;/m1./s1. The van der Waals surface area contributed by atoms with Gasteiger partial charge in [0, 0.05) is 29.6 Å². The van der Waals surface area contributed by atoms with Gasteiger partial charge in [0.2, 0.25) is 0 Å². The molecule has 0 spiro atoms. The molecule has 2 rings (SSSR count). The summed E-state index contributed by atoms with van der Waals surface area (Å²) in [5, 5.41) is 18.5. The number of nitrogens with two attached hydrogens (primary N) is 1. The number of ether oxygens (including phenoxy) is 1. The van der Waals surface area contributed by atoms with E-state index in [1.807, 2.05) is 34.7 Å². The SMILES string of the molecule is N[C@H](Cc1cc(I)c(Oc2ccc(O)c(I)c2)c(I)c1)C(=O)O.[Na]. The van der Waals surface area contributed by atoms with Crippen molar-refractivity contribution in [2.75, 3.05) is 0 Å². The van der Waals surface area contributed by atoms with Crippen molar-refractivity contribution in [1.29, 1.82) is 0 Å². The largest absolute Gasteiger partial charge is 0.507 e. The minimum atomic E-state index is -1.02. The van der Waals surface area contributed by atoms with Gasteiger partial charge < -0.3 is 20.7 Å². The van der Waals surface area contributed by atoms with E-state index in [9.17, 15) is 9.90 Å². The summed E-state index contributed by atoms with van der Waals surface area (Å²) in [6.07, 6.45) is 0.263. The van der Waals surface area contributed by atoms with Crippen LogP contribution in [-0.4, -0.2) is 51.8 Å². The second-order valence-corrected chi connectivity index (χ2v) is 8.24. The average molecular weight is 674 g/mol. The minimum Gasteiger partial charge on any atom is -0.507 e. The van der Waals surface area contributed by atoms with Crippen LogP contribution in [0.15, 0.2) is 30.3 Å². The molecule has 0 aromatic heterocycles. The Balaban J connectivity index is 0.00000288. The Morgan fingerprint density at radius 3 is 2.21 bits per heavy atom. The average Bonchev–Trinajstić information content (AvgIpc) is 2.46. The Morgan fingerprint density at radius 1 is 1.12 bits per heavy atom. The molecule has 123 valence electrons. The summed E-state index contributed by atoms with van der Waals surface area (Å²) in [5.74, 6) is 0.507. The van der Waals surface area contributed by atoms with Crippen molar-refractivity contribution in [3.05, 3.63) is 46.6 Å². The summed E-state index contributed by atoms with van der Waals surface area (Å²) in [7, 11) is 0. The molecule has 4 N–H and O–H groups in total. The van der Waals surface area contributed by atoms with E-state index in [2.05, 4.69) is 45.2 Å². The third-order valence-corrected chi connectivity index (χ3v) is 5.44. The number of phenols is 1. The fourth-order valence-corrected chi connectivity index (χ4v) is 4.44. The molecule has 0 aliphatic rings. The van der Waals surface area contributed by atoms with Gasteiger partial charge >= 0.3 is 5.97 Å². The first-order chi connectivity index (χ1) is 10.8. The van der Waals surface area contributed by atoms with Crippen LogP contribution in [0.4, 0.5) is 0 Å². The molecule has 0 amide bonds. The maximum absolute atomic E-state index is 10.9. The van der Waals surface area contributed by atoms with Crippen LogP contribution < -0.4 is 10.5 Å². The fourth-order valence-electron chi connectivity index (χ4n) is 1.84. The van der Waals surface area contributed by atoms with Crippen LogP contribution in [0.1, 0.15) is 5.56 Å². The summed E-state index contributed by atoms with van der Waals surface area (Å²) < 4.78 is 8.34. The normalized spacial score (nSPS) is 11.5. The minimum absolute atomic E-state index is 0. The molecule has 0 unspecified atom stereocenters. The van der Waals surface area contributed by atoms with Gasteiger partial charge in [0.1, 0.15) is 17.5 Å². The van der Waals surface area contributed by atoms with Crippen molar-refractivity contribution < 1.29 is 19.7 Å². The maximum Gasteiger partial charge on any atom is 0.320 e. The zero-order valence-corrected chi connectivity index (χ0v) is 21.1. The molecule has 1 radical (unpaired) electrons. The van der Waals surface area contributed by atoms with E-state index in [4.69, 9.17) is 15.6 Å². The summed E-state index contributed by atoms with van der Waals surface area (Å²) in [6, 6.07) is 7.83. The van der Waals surface area contributed by atoms with E-state index in [0.29, 0.717) is 15.1 Å². The summed E-state index contributed by atoms with van der Waals surface area (Å²) >= 11 is 6.33. The number of benzene rings is 2. The number of aliphatic carboxylic acids is 1. The first kappa shape index (κ1) is 22.7. The molecule has 0 bridgehead atoms. The summed E-state index contributed by atoms with van der Waals surface area (Å²) in [5.41, 5.74) is 6.43. The number of hydrogen-bond acceptors (Lipinski definition) is 4. The Bertz CT molecular complexity index is 734. The van der Waals surface area contributed by atoms with E-state index in [-0.39, 0.29) is 41.7 Å². The molecule has 0 aliphatic carbocycles. The number of rotatable bonds is 5. The van der Waals surface area contributed by atoms with Gasteiger partial charge in [0.15, 0.2) is 5.75 Å². The predicted octanol–water partition coefficient (Wildman–Crippen LogP) is 3.57. The van der Waals surface area contributed by atoms with E-state index < -0.39 is 12.0 Å². The third kappa shape index (κ3) is 6.13. The number of hydrogen-bond donors (Lipinski definition) is 3. The van der Waals surface area contributed by atoms with Crippen LogP contribution in [0.3, 0.4) is 0 Å². The maximum atomic E-state index is 10.9. The molecular weight excluding hydrogens is 662 g/mol. The Labute approximate surface area is 202 Å². The van der Waals surface area contributed by atoms with Crippen LogP contribution in [-0.2, 0) is 11.2 Å². The zero-order chi connectivity index (χ0) is 17.1. The molecule has 9 heteroatoms. The molecule has 0 aliphatic heterocycles. The smallest absolute Gasteiger partial charge is 0.320 e. The van der Waals surface area contributed by atoms with Gasteiger partial charge in [-0.25, -0.2) is 0 Å². The van der Waals surface area contributed by atoms with Crippen molar-refractivity contribution in [2.24, 2.45) is 5.73 Å². The fraction of sp³-hybridized carbons (Fsp3) is 0.133. The molecule has 5 nitrogen and oxygen atoms in total. The molecule has 0 fully saturated rings. The van der Waals surface area contributed by atoms with Crippen LogP contribution in [0.25, 0.3) is 0 Å². The summed E-state index contributed by atoms with van der Waals surface area (Å²) in [4.78, 5) is 10.9. The number of carboxylic acids is 1. The monoisotopic (exact) mass is 674 g/mol. The number of phenolic OH excluding ortho intramolecular Hbond substituents is 1. The first-order valence-electron chi connectivity index (χ1n) is 6.40. The molecule has 24 heavy (non-hydrogen) atoms. The third-order valence-electron chi connectivity index (χ3n) is 2.97. The van der Waals surface area contributed by atoms with Gasteiger partial charge in [-0.1, -0.05) is 0 Å². The van der Waals surface area contributed by atoms with E-state index in [1.54, 1.807) is 18.2 Å². The van der Waals surface area contributed by atoms with E-state index in [1.165, 1.54) is 0 Å². The molecule has 0 saturated heterocycles. The predicted molar refractivity (Wildman–Crippen MR) is 118 cm³/mol. The van der Waals surface area contributed by atoms with Crippen LogP contribution in [0.2, 0.25) is 0 Å². The van der Waals surface area contributed by atoms with Crippen LogP contribution in [0.5, 0.6) is 17.2 Å². The number of carboxylic acid groups (broad SMARTS) is 1. The van der Waals surface area contributed by atoms with Gasteiger partial charge in [-0.3, -0.25) is 4.79 Å². The zero-order valence-electron chi connectivity index (χ0n) is 12.6. The molecule has 2 aromatic carbocycles. The van der Waals surface area contributed by atoms with E-state index in [0.717, 1.165) is 12.7 Å². The Hall–Kier alpha value is 0.660. The van der Waals surface area contributed by atoms with Crippen molar-refractivity contribution in [3.8, 4) is 17.2 Å². The Kier molecular flexibility index (Phi) is 9.57. The second-order valence-electron chi connectivity index (χ2n) is 4.75. The molecular formula is C15H12I3NNaO4. The first-order valence-corrected chi connectivity index (χ1v) is 9.64. The van der Waals surface area contributed by atoms with Gasteiger partial charge in [-0.2, -0.15) is 0 Å². The van der Waals surface area contributed by atoms with E-state index >= 15 is 0 Å². The van der Waals surface area contributed by atoms with Gasteiger partial charge in [-0.15, -0.1) is 0 Å². The quantitative estimate of drug-likeness (QED) is 0.334. The number of aromatic hydroxyl groups is 1. The number of carbonyl (C=O) groups is 1. The van der Waals surface area contributed by atoms with Crippen molar-refractivity contribution >= 4 is 103 Å². The molecule has 0 saturated carbocycles. The molecule has 1 atom stereocenters. The Morgan fingerprint density at radius 2 is 1.71 bits per heavy atom. The number of halogens is 3. The van der Waals surface area contributed by atoms with Crippen LogP contribution in [0, 0.1) is 10.7 Å². The molecule has 2 aromatic rings. The van der Waals surface area contributed by atoms with Gasteiger partial charge in [0.05, 0.1) is 10.7 Å². The van der Waals surface area contributed by atoms with Crippen molar-refractivity contribution in [1.82, 2.24) is 0 Å². The van der Waals surface area contributed by atoms with Gasteiger partial charge in [-0.05, 0) is 110 Å². The second kappa shape index (κ2) is 10.1. The van der Waals surface area contributed by atoms with Gasteiger partial charge in [0.25, 0.3) is 0 Å². The van der Waals surface area contributed by atoms with Crippen molar-refractivity contribution in [2.45, 2.75) is 12.5 Å². The summed E-state index contributed by atoms with van der Waals surface area (Å²) in [6.45, 7) is 0. The molecule has 0 heterocycles.